The van der Waals surface area contributed by atoms with Gasteiger partial charge in [0.2, 0.25) is 5.91 Å². The van der Waals surface area contributed by atoms with Gasteiger partial charge in [-0.3, -0.25) is 14.4 Å². The second-order valence-corrected chi connectivity index (χ2v) is 13.5. The molecular weight excluding hydrogens is 690 g/mol. The lowest BCUT2D eigenvalue weighted by Crippen LogP contribution is -2.41. The SMILES string of the molecule is Cc1cc(C)c(-c2cc(C(F)(F)F)c(F)c([C@H](CC(=O)O)NC(=O)[C@H](CC(C)C)n3cc(CCCN(C)C)c(C(F)(F)F)cc3=O)c2F)c(C)c1. The van der Waals surface area contributed by atoms with E-state index in [0.717, 1.165) is 10.8 Å². The Morgan fingerprint density at radius 2 is 1.47 bits per heavy atom. The number of nitrogens with zero attached hydrogens (tertiary/aromatic N) is 2. The van der Waals surface area contributed by atoms with Crippen LogP contribution >= 0.6 is 0 Å². The average molecular weight is 732 g/mol. The number of hydrogen-bond acceptors (Lipinski definition) is 4. The van der Waals surface area contributed by atoms with E-state index < -0.39 is 88.1 Å². The van der Waals surface area contributed by atoms with Crippen LogP contribution in [0.15, 0.2) is 35.3 Å². The molecular formula is C36H41F8N3O4. The molecule has 0 saturated heterocycles. The zero-order chi connectivity index (χ0) is 38.7. The lowest BCUT2D eigenvalue weighted by atomic mass is 9.88. The summed E-state index contributed by atoms with van der Waals surface area (Å²) in [5, 5.41) is 11.8. The normalized spacial score (nSPS) is 13.5. The first kappa shape index (κ1) is 41.2. The topological polar surface area (TPSA) is 91.6 Å². The number of rotatable bonds is 13. The predicted molar refractivity (Wildman–Crippen MR) is 175 cm³/mol. The molecule has 0 unspecified atom stereocenters. The molecule has 3 rings (SSSR count). The summed E-state index contributed by atoms with van der Waals surface area (Å²) in [6.45, 7) is 8.35. The van der Waals surface area contributed by atoms with Gasteiger partial charge in [-0.2, -0.15) is 26.3 Å². The van der Waals surface area contributed by atoms with Crippen molar-refractivity contribution in [1.29, 1.82) is 0 Å². The Labute approximate surface area is 290 Å². The number of aromatic nitrogens is 1. The number of aryl methyl sites for hydroxylation is 4. The van der Waals surface area contributed by atoms with Gasteiger partial charge in [0.05, 0.1) is 23.6 Å². The van der Waals surface area contributed by atoms with E-state index in [2.05, 4.69) is 5.32 Å². The van der Waals surface area contributed by atoms with Gasteiger partial charge in [0.1, 0.15) is 17.7 Å². The molecule has 2 atom stereocenters. The number of carboxylic acid groups (broad SMARTS) is 1. The first-order valence-corrected chi connectivity index (χ1v) is 16.1. The van der Waals surface area contributed by atoms with Crippen LogP contribution < -0.4 is 10.9 Å². The molecule has 1 aromatic heterocycles. The van der Waals surface area contributed by atoms with Crippen molar-refractivity contribution in [1.82, 2.24) is 14.8 Å². The molecule has 2 aromatic carbocycles. The Hall–Kier alpha value is -4.27. The van der Waals surface area contributed by atoms with Crippen LogP contribution in [0.2, 0.25) is 0 Å². The molecule has 1 heterocycles. The second-order valence-electron chi connectivity index (χ2n) is 13.5. The Bertz CT molecular complexity index is 1810. The third-order valence-corrected chi connectivity index (χ3v) is 8.38. The minimum atomic E-state index is -5.37. The lowest BCUT2D eigenvalue weighted by molar-refractivity contribution is -0.140. The highest BCUT2D eigenvalue weighted by Gasteiger charge is 2.41. The number of nitrogens with one attached hydrogen (secondary N) is 1. The first-order valence-electron chi connectivity index (χ1n) is 16.1. The number of carboxylic acids is 1. The number of hydrogen-bond donors (Lipinski definition) is 2. The summed E-state index contributed by atoms with van der Waals surface area (Å²) < 4.78 is 118. The smallest absolute Gasteiger partial charge is 0.419 e. The molecule has 0 spiro atoms. The van der Waals surface area contributed by atoms with Crippen molar-refractivity contribution in [2.75, 3.05) is 20.6 Å². The number of halogens is 8. The number of amides is 1. The van der Waals surface area contributed by atoms with E-state index in [0.29, 0.717) is 35.4 Å². The molecule has 15 heteroatoms. The number of carbonyl (C=O) groups is 2. The second kappa shape index (κ2) is 16.0. The highest BCUT2D eigenvalue weighted by Crippen LogP contribution is 2.42. The van der Waals surface area contributed by atoms with E-state index in [1.54, 1.807) is 51.9 Å². The van der Waals surface area contributed by atoms with Crippen LogP contribution in [-0.2, 0) is 28.4 Å². The fourth-order valence-electron chi connectivity index (χ4n) is 6.30. The molecule has 0 saturated carbocycles. The number of pyridine rings is 1. The van der Waals surface area contributed by atoms with Crippen molar-refractivity contribution >= 4 is 11.9 Å². The summed E-state index contributed by atoms with van der Waals surface area (Å²) in [6, 6.07) is -0.100. The molecule has 51 heavy (non-hydrogen) atoms. The average Bonchev–Trinajstić information content (AvgIpc) is 2.95. The minimum Gasteiger partial charge on any atom is -0.481 e. The summed E-state index contributed by atoms with van der Waals surface area (Å²) >= 11 is 0. The molecule has 0 bridgehead atoms. The van der Waals surface area contributed by atoms with Gasteiger partial charge in [0.15, 0.2) is 0 Å². The zero-order valence-corrected chi connectivity index (χ0v) is 29.2. The lowest BCUT2D eigenvalue weighted by Gasteiger charge is -2.27. The number of carbonyl (C=O) groups excluding carboxylic acids is 1. The van der Waals surface area contributed by atoms with Crippen molar-refractivity contribution in [2.24, 2.45) is 5.92 Å². The Balaban J connectivity index is 2.27. The molecule has 0 aliphatic rings. The van der Waals surface area contributed by atoms with Gasteiger partial charge in [-0.1, -0.05) is 31.5 Å². The van der Waals surface area contributed by atoms with Crippen LogP contribution in [0.25, 0.3) is 11.1 Å². The summed E-state index contributed by atoms with van der Waals surface area (Å²) in [4.78, 5) is 40.8. The number of benzene rings is 2. The zero-order valence-electron chi connectivity index (χ0n) is 29.2. The van der Waals surface area contributed by atoms with Crippen molar-refractivity contribution in [3.8, 4) is 11.1 Å². The van der Waals surface area contributed by atoms with Crippen molar-refractivity contribution in [2.45, 2.75) is 84.7 Å². The standard InChI is InChI=1S/C36H41F8N3O4/c1-18(2)11-27(47-17-22(9-8-10-46(6)7)24(15-28(47)48)35(39,40)41)34(51)45-26(16-29(49)50)31-32(37)23(14-25(33(31)38)36(42,43)44)30-20(4)12-19(3)13-21(30)5/h12-15,17-18,26-27H,8-11,16H2,1-7H3,(H,45,51)(H,49,50)/t26-,27-/m0/s1. The van der Waals surface area contributed by atoms with Crippen LogP contribution in [0.3, 0.4) is 0 Å². The third-order valence-electron chi connectivity index (χ3n) is 8.38. The summed E-state index contributed by atoms with van der Waals surface area (Å²) in [6.07, 6.45) is -10.8. The largest absolute Gasteiger partial charge is 0.481 e. The maximum absolute atomic E-state index is 16.5. The molecule has 280 valence electrons. The van der Waals surface area contributed by atoms with E-state index in [1.807, 2.05) is 0 Å². The fraction of sp³-hybridized carbons (Fsp3) is 0.472. The Morgan fingerprint density at radius 1 is 0.902 bits per heavy atom. The van der Waals surface area contributed by atoms with Crippen molar-refractivity contribution < 1.29 is 49.8 Å². The summed E-state index contributed by atoms with van der Waals surface area (Å²) in [7, 11) is 3.43. The van der Waals surface area contributed by atoms with E-state index in [1.165, 1.54) is 13.8 Å². The minimum absolute atomic E-state index is 0.000962. The highest BCUT2D eigenvalue weighted by atomic mass is 19.4. The highest BCUT2D eigenvalue weighted by molar-refractivity contribution is 5.82. The van der Waals surface area contributed by atoms with E-state index in [-0.39, 0.29) is 30.4 Å². The van der Waals surface area contributed by atoms with Gasteiger partial charge >= 0.3 is 18.3 Å². The molecule has 1 amide bonds. The number of aliphatic carboxylic acids is 1. The van der Waals surface area contributed by atoms with Crippen LogP contribution in [0.5, 0.6) is 0 Å². The van der Waals surface area contributed by atoms with Gasteiger partial charge in [-0.05, 0) is 94.9 Å². The summed E-state index contributed by atoms with van der Waals surface area (Å²) in [5.74, 6) is -7.08. The monoisotopic (exact) mass is 731 g/mol. The predicted octanol–water partition coefficient (Wildman–Crippen LogP) is 8.17. The van der Waals surface area contributed by atoms with Crippen LogP contribution in [-0.4, -0.2) is 47.1 Å². The Kier molecular flexibility index (Phi) is 12.9. The summed E-state index contributed by atoms with van der Waals surface area (Å²) in [5.41, 5.74) is -5.32. The van der Waals surface area contributed by atoms with Gasteiger partial charge in [-0.25, -0.2) is 8.78 Å². The van der Waals surface area contributed by atoms with E-state index in [9.17, 15) is 45.8 Å². The van der Waals surface area contributed by atoms with Gasteiger partial charge in [0.25, 0.3) is 5.56 Å². The van der Waals surface area contributed by atoms with E-state index in [4.69, 9.17) is 0 Å². The van der Waals surface area contributed by atoms with Crippen LogP contribution in [0, 0.1) is 38.3 Å². The van der Waals surface area contributed by atoms with Crippen LogP contribution in [0.1, 0.15) is 84.1 Å². The molecule has 0 aliphatic carbocycles. The number of alkyl halides is 6. The fourth-order valence-corrected chi connectivity index (χ4v) is 6.30. The van der Waals surface area contributed by atoms with Gasteiger partial charge in [-0.15, -0.1) is 0 Å². The van der Waals surface area contributed by atoms with Gasteiger partial charge in [0, 0.05) is 23.4 Å². The van der Waals surface area contributed by atoms with E-state index >= 15 is 8.78 Å². The molecule has 0 aliphatic heterocycles. The van der Waals surface area contributed by atoms with Crippen molar-refractivity contribution in [3.05, 3.63) is 91.4 Å². The molecule has 3 aromatic rings. The Morgan fingerprint density at radius 3 is 1.96 bits per heavy atom. The molecule has 0 radical (unpaired) electrons. The first-order chi connectivity index (χ1) is 23.4. The molecule has 2 N–H and O–H groups in total. The maximum atomic E-state index is 16.5. The molecule has 0 fully saturated rings. The van der Waals surface area contributed by atoms with Gasteiger partial charge < -0.3 is 19.9 Å². The molecule has 7 nitrogen and oxygen atoms in total. The van der Waals surface area contributed by atoms with Crippen LogP contribution in [0.4, 0.5) is 35.1 Å². The maximum Gasteiger partial charge on any atom is 0.419 e. The quantitative estimate of drug-likeness (QED) is 0.173. The van der Waals surface area contributed by atoms with Crippen molar-refractivity contribution in [3.63, 3.8) is 0 Å². The third kappa shape index (κ3) is 9.95.